The van der Waals surface area contributed by atoms with Gasteiger partial charge in [0.1, 0.15) is 5.56 Å². The van der Waals surface area contributed by atoms with Crippen molar-refractivity contribution < 1.29 is 19.4 Å². The first kappa shape index (κ1) is 13.2. The van der Waals surface area contributed by atoms with Gasteiger partial charge in [-0.15, -0.1) is 0 Å². The molecule has 17 heavy (non-hydrogen) atoms. The van der Waals surface area contributed by atoms with E-state index in [1.54, 1.807) is 6.92 Å². The average molecular weight is 240 g/mol. The van der Waals surface area contributed by atoms with Crippen LogP contribution in [0.15, 0.2) is 6.20 Å². The Morgan fingerprint density at radius 1 is 1.53 bits per heavy atom. The summed E-state index contributed by atoms with van der Waals surface area (Å²) in [5.41, 5.74) is -0.261. The lowest BCUT2D eigenvalue weighted by atomic mass is 10.2. The number of rotatable bonds is 5. The molecule has 0 spiro atoms. The van der Waals surface area contributed by atoms with Crippen molar-refractivity contribution in [2.24, 2.45) is 0 Å². The van der Waals surface area contributed by atoms with E-state index in [0.717, 1.165) is 6.42 Å². The Morgan fingerprint density at radius 2 is 2.18 bits per heavy atom. The zero-order chi connectivity index (χ0) is 13.0. The smallest absolute Gasteiger partial charge is 0.359 e. The summed E-state index contributed by atoms with van der Waals surface area (Å²) in [6.07, 6.45) is 2.16. The van der Waals surface area contributed by atoms with E-state index in [9.17, 15) is 9.59 Å². The number of nitrogens with zero attached hydrogens (tertiary/aromatic N) is 2. The van der Waals surface area contributed by atoms with Gasteiger partial charge >= 0.3 is 11.9 Å². The van der Waals surface area contributed by atoms with Crippen LogP contribution >= 0.6 is 0 Å². The van der Waals surface area contributed by atoms with Gasteiger partial charge in [-0.2, -0.15) is 5.10 Å². The number of aromatic carboxylic acids is 1. The van der Waals surface area contributed by atoms with Crippen LogP contribution in [-0.4, -0.2) is 33.4 Å². The van der Waals surface area contributed by atoms with Crippen LogP contribution in [0.2, 0.25) is 0 Å². The molecule has 1 aromatic rings. The lowest BCUT2D eigenvalue weighted by Crippen LogP contribution is -2.11. The van der Waals surface area contributed by atoms with Crippen LogP contribution in [-0.2, 0) is 4.74 Å². The predicted octanol–water partition coefficient (Wildman–Crippen LogP) is 1.73. The van der Waals surface area contributed by atoms with Crippen molar-refractivity contribution in [1.82, 2.24) is 9.78 Å². The fraction of sp³-hybridized carbons (Fsp3) is 0.545. The molecule has 0 saturated carbocycles. The summed E-state index contributed by atoms with van der Waals surface area (Å²) in [7, 11) is 0. The number of carbonyl (C=O) groups excluding carboxylic acids is 1. The van der Waals surface area contributed by atoms with E-state index in [4.69, 9.17) is 9.84 Å². The standard InChI is InChI=1S/C11H16N2O4/c1-4-7(3)13-6-8(10(14)15)9(12-13)11(16)17-5-2/h6-7H,4-5H2,1-3H3,(H,14,15). The molecular weight excluding hydrogens is 224 g/mol. The number of aromatic nitrogens is 2. The van der Waals surface area contributed by atoms with Gasteiger partial charge in [0, 0.05) is 12.2 Å². The van der Waals surface area contributed by atoms with Gasteiger partial charge < -0.3 is 9.84 Å². The Kier molecular flexibility index (Phi) is 4.25. The van der Waals surface area contributed by atoms with Gasteiger partial charge in [0.15, 0.2) is 5.69 Å². The summed E-state index contributed by atoms with van der Waals surface area (Å²) in [4.78, 5) is 22.5. The van der Waals surface area contributed by atoms with Crippen LogP contribution in [0.25, 0.3) is 0 Å². The van der Waals surface area contributed by atoms with E-state index in [2.05, 4.69) is 5.10 Å². The second-order valence-electron chi connectivity index (χ2n) is 3.65. The van der Waals surface area contributed by atoms with Gasteiger partial charge in [0.05, 0.1) is 6.61 Å². The minimum Gasteiger partial charge on any atom is -0.478 e. The molecule has 1 atom stereocenters. The number of esters is 1. The molecule has 0 radical (unpaired) electrons. The Balaban J connectivity index is 3.14. The summed E-state index contributed by atoms with van der Waals surface area (Å²) in [5.74, 6) is -1.88. The molecule has 6 heteroatoms. The lowest BCUT2D eigenvalue weighted by molar-refractivity contribution is 0.0507. The Labute approximate surface area is 99.2 Å². The van der Waals surface area contributed by atoms with Crippen LogP contribution in [0.1, 0.15) is 54.1 Å². The van der Waals surface area contributed by atoms with Crippen LogP contribution in [0.4, 0.5) is 0 Å². The van der Waals surface area contributed by atoms with Gasteiger partial charge in [-0.1, -0.05) is 6.92 Å². The minimum absolute atomic E-state index is 0.0382. The number of carboxylic acids is 1. The highest BCUT2D eigenvalue weighted by Crippen LogP contribution is 2.15. The zero-order valence-corrected chi connectivity index (χ0v) is 10.1. The summed E-state index contributed by atoms with van der Waals surface area (Å²) < 4.78 is 6.25. The fourth-order valence-corrected chi connectivity index (χ4v) is 1.31. The molecule has 0 aliphatic carbocycles. The monoisotopic (exact) mass is 240 g/mol. The minimum atomic E-state index is -1.18. The molecule has 0 aliphatic rings. The van der Waals surface area contributed by atoms with Crippen molar-refractivity contribution in [2.75, 3.05) is 6.61 Å². The van der Waals surface area contributed by atoms with E-state index in [1.807, 2.05) is 13.8 Å². The largest absolute Gasteiger partial charge is 0.478 e. The molecule has 1 unspecified atom stereocenters. The number of carbonyl (C=O) groups is 2. The number of carboxylic acid groups (broad SMARTS) is 1. The zero-order valence-electron chi connectivity index (χ0n) is 10.1. The fourth-order valence-electron chi connectivity index (χ4n) is 1.31. The summed E-state index contributed by atoms with van der Waals surface area (Å²) in [5, 5.41) is 13.0. The van der Waals surface area contributed by atoms with Gasteiger partial charge in [0.25, 0.3) is 0 Å². The van der Waals surface area contributed by atoms with Crippen molar-refractivity contribution in [2.45, 2.75) is 33.2 Å². The van der Waals surface area contributed by atoms with Crippen LogP contribution < -0.4 is 0 Å². The van der Waals surface area contributed by atoms with Gasteiger partial charge in [-0.05, 0) is 20.3 Å². The molecule has 0 saturated heterocycles. The number of hydrogen-bond donors (Lipinski definition) is 1. The van der Waals surface area contributed by atoms with Gasteiger partial charge in [-0.25, -0.2) is 9.59 Å². The summed E-state index contributed by atoms with van der Waals surface area (Å²) in [6, 6.07) is 0.0382. The SMILES string of the molecule is CCOC(=O)c1nn(C(C)CC)cc1C(=O)O. The molecule has 0 fully saturated rings. The summed E-state index contributed by atoms with van der Waals surface area (Å²) >= 11 is 0. The van der Waals surface area contributed by atoms with Crippen molar-refractivity contribution in [3.63, 3.8) is 0 Å². The maximum absolute atomic E-state index is 11.5. The molecule has 0 aromatic carbocycles. The molecule has 0 amide bonds. The van der Waals surface area contributed by atoms with E-state index in [-0.39, 0.29) is 23.9 Å². The first-order valence-corrected chi connectivity index (χ1v) is 5.50. The molecule has 0 bridgehead atoms. The second kappa shape index (κ2) is 5.47. The van der Waals surface area contributed by atoms with Crippen LogP contribution in [0.3, 0.4) is 0 Å². The molecule has 1 rings (SSSR count). The maximum atomic E-state index is 11.5. The quantitative estimate of drug-likeness (QED) is 0.792. The van der Waals surface area contributed by atoms with E-state index in [0.29, 0.717) is 0 Å². The van der Waals surface area contributed by atoms with Crippen LogP contribution in [0.5, 0.6) is 0 Å². The lowest BCUT2D eigenvalue weighted by Gasteiger charge is -2.07. The molecule has 6 nitrogen and oxygen atoms in total. The second-order valence-corrected chi connectivity index (χ2v) is 3.65. The first-order chi connectivity index (χ1) is 8.01. The summed E-state index contributed by atoms with van der Waals surface area (Å²) in [6.45, 7) is 5.70. The van der Waals surface area contributed by atoms with E-state index < -0.39 is 11.9 Å². The molecular formula is C11H16N2O4. The first-order valence-electron chi connectivity index (χ1n) is 5.50. The predicted molar refractivity (Wildman–Crippen MR) is 60.1 cm³/mol. The Bertz CT molecular complexity index is 425. The molecule has 1 heterocycles. The molecule has 94 valence electrons. The van der Waals surface area contributed by atoms with Gasteiger partial charge in [-0.3, -0.25) is 4.68 Å². The maximum Gasteiger partial charge on any atom is 0.359 e. The van der Waals surface area contributed by atoms with Crippen molar-refractivity contribution >= 4 is 11.9 Å². The van der Waals surface area contributed by atoms with Crippen molar-refractivity contribution in [1.29, 1.82) is 0 Å². The molecule has 1 aromatic heterocycles. The normalized spacial score (nSPS) is 12.2. The van der Waals surface area contributed by atoms with Crippen LogP contribution in [0, 0.1) is 0 Å². The van der Waals surface area contributed by atoms with Gasteiger partial charge in [0.2, 0.25) is 0 Å². The molecule has 0 aliphatic heterocycles. The number of ether oxygens (including phenoxy) is 1. The topological polar surface area (TPSA) is 81.4 Å². The molecule has 1 N–H and O–H groups in total. The van der Waals surface area contributed by atoms with Crippen molar-refractivity contribution in [3.8, 4) is 0 Å². The van der Waals surface area contributed by atoms with E-state index >= 15 is 0 Å². The highest BCUT2D eigenvalue weighted by atomic mass is 16.5. The third kappa shape index (κ3) is 2.83. The average Bonchev–Trinajstić information content (AvgIpc) is 2.73. The Morgan fingerprint density at radius 3 is 2.65 bits per heavy atom. The van der Waals surface area contributed by atoms with E-state index in [1.165, 1.54) is 10.9 Å². The third-order valence-corrected chi connectivity index (χ3v) is 2.47. The number of hydrogen-bond acceptors (Lipinski definition) is 4. The van der Waals surface area contributed by atoms with Crippen molar-refractivity contribution in [3.05, 3.63) is 17.5 Å². The Hall–Kier alpha value is -1.85. The highest BCUT2D eigenvalue weighted by molar-refractivity contribution is 6.00. The highest BCUT2D eigenvalue weighted by Gasteiger charge is 2.23. The third-order valence-electron chi connectivity index (χ3n) is 2.47.